The molecule has 1 rings (SSSR count). The van der Waals surface area contributed by atoms with Gasteiger partial charge in [0.15, 0.2) is 0 Å². The molecular weight excluding hydrogens is 492 g/mol. The predicted molar refractivity (Wildman–Crippen MR) is 165 cm³/mol. The second kappa shape index (κ2) is 26.6. The van der Waals surface area contributed by atoms with E-state index in [1.807, 2.05) is 78.7 Å². The van der Waals surface area contributed by atoms with E-state index in [0.717, 1.165) is 37.1 Å². The third-order valence-corrected chi connectivity index (χ3v) is 5.56. The molecule has 0 spiro atoms. The molecule has 0 saturated carbocycles. The molecule has 0 radical (unpaired) electrons. The average Bonchev–Trinajstić information content (AvgIpc) is 2.93. The molecule has 224 valence electrons. The van der Waals surface area contributed by atoms with E-state index in [1.165, 1.54) is 0 Å². The summed E-state index contributed by atoms with van der Waals surface area (Å²) < 4.78 is 0. The summed E-state index contributed by atoms with van der Waals surface area (Å²) in [7, 11) is 0. The molecule has 0 fully saturated rings. The Morgan fingerprint density at radius 1 is 0.974 bits per heavy atom. The summed E-state index contributed by atoms with van der Waals surface area (Å²) in [4.78, 5) is 44.1. The van der Waals surface area contributed by atoms with Crippen LogP contribution in [0.25, 0.3) is 0 Å². The van der Waals surface area contributed by atoms with Gasteiger partial charge in [-0.15, -0.1) is 0 Å². The Bertz CT molecular complexity index is 831. The molecule has 5 N–H and O–H groups in total. The Morgan fingerprint density at radius 2 is 1.54 bits per heavy atom. The lowest BCUT2D eigenvalue weighted by atomic mass is 10.0. The van der Waals surface area contributed by atoms with Crippen molar-refractivity contribution in [2.45, 2.75) is 107 Å². The number of urea groups is 1. The van der Waals surface area contributed by atoms with Crippen LogP contribution in [0.15, 0.2) is 30.0 Å². The zero-order chi connectivity index (χ0) is 30.8. The molecular formula is C31H56N4O4. The molecule has 0 bridgehead atoms. The van der Waals surface area contributed by atoms with Gasteiger partial charge in [0.2, 0.25) is 0 Å². The molecule has 0 aliphatic rings. The highest BCUT2D eigenvalue weighted by Gasteiger charge is 2.15. The van der Waals surface area contributed by atoms with Crippen molar-refractivity contribution < 1.29 is 19.2 Å². The van der Waals surface area contributed by atoms with E-state index < -0.39 is 6.03 Å². The van der Waals surface area contributed by atoms with Crippen LogP contribution in [0, 0.1) is 11.8 Å². The summed E-state index contributed by atoms with van der Waals surface area (Å²) >= 11 is 0. The minimum Gasteiger partial charge on any atom is -0.352 e. The summed E-state index contributed by atoms with van der Waals surface area (Å²) in [5.41, 5.74) is 7.39. The number of rotatable bonds is 15. The fourth-order valence-electron chi connectivity index (χ4n) is 3.45. The highest BCUT2D eigenvalue weighted by atomic mass is 16.2. The van der Waals surface area contributed by atoms with E-state index in [-0.39, 0.29) is 23.5 Å². The largest absolute Gasteiger partial charge is 0.352 e. The van der Waals surface area contributed by atoms with Gasteiger partial charge in [0.05, 0.1) is 6.04 Å². The SMILES string of the molecule is CC.CC.CCC(=O)CCc1ccc(NC(=C=O)C(C)CCCNC(N)=O)cc1.CCNC(C(C)=O)C(C)C. The van der Waals surface area contributed by atoms with Crippen LogP contribution in [0.2, 0.25) is 0 Å². The smallest absolute Gasteiger partial charge is 0.312 e. The minimum atomic E-state index is -0.544. The van der Waals surface area contributed by atoms with Crippen molar-refractivity contribution in [3.05, 3.63) is 35.5 Å². The van der Waals surface area contributed by atoms with Gasteiger partial charge in [-0.1, -0.05) is 74.4 Å². The van der Waals surface area contributed by atoms with Gasteiger partial charge >= 0.3 is 6.03 Å². The van der Waals surface area contributed by atoms with Gasteiger partial charge in [0.25, 0.3) is 0 Å². The molecule has 39 heavy (non-hydrogen) atoms. The second-order valence-electron chi connectivity index (χ2n) is 8.95. The van der Waals surface area contributed by atoms with Crippen LogP contribution in [0.3, 0.4) is 0 Å². The van der Waals surface area contributed by atoms with Crippen molar-refractivity contribution >= 4 is 29.2 Å². The van der Waals surface area contributed by atoms with Crippen LogP contribution in [-0.4, -0.2) is 42.7 Å². The molecule has 8 heteroatoms. The van der Waals surface area contributed by atoms with Gasteiger partial charge in [-0.3, -0.25) is 9.59 Å². The van der Waals surface area contributed by atoms with E-state index in [4.69, 9.17) is 5.73 Å². The molecule has 0 aliphatic heterocycles. The maximum Gasteiger partial charge on any atom is 0.312 e. The van der Waals surface area contributed by atoms with Gasteiger partial charge in [-0.05, 0) is 56.3 Å². The van der Waals surface area contributed by atoms with Crippen LogP contribution in [0.1, 0.15) is 100 Å². The Morgan fingerprint density at radius 3 is 1.92 bits per heavy atom. The second-order valence-corrected chi connectivity index (χ2v) is 8.95. The Hall–Kier alpha value is -2.96. The van der Waals surface area contributed by atoms with Gasteiger partial charge in [-0.25, -0.2) is 9.59 Å². The first kappa shape index (κ1) is 40.5. The number of nitrogens with one attached hydrogen (secondary N) is 3. The van der Waals surface area contributed by atoms with Crippen molar-refractivity contribution in [1.29, 1.82) is 0 Å². The van der Waals surface area contributed by atoms with Crippen LogP contribution in [0.4, 0.5) is 10.5 Å². The number of likely N-dealkylation sites (N-methyl/N-ethyl adjacent to an activating group) is 1. The number of hydrogen-bond donors (Lipinski definition) is 4. The molecule has 2 unspecified atom stereocenters. The molecule has 1 aromatic rings. The van der Waals surface area contributed by atoms with Crippen molar-refractivity contribution in [1.82, 2.24) is 10.6 Å². The molecule has 0 heterocycles. The Labute approximate surface area is 238 Å². The van der Waals surface area contributed by atoms with E-state index in [1.54, 1.807) is 6.92 Å². The third-order valence-electron chi connectivity index (χ3n) is 5.56. The summed E-state index contributed by atoms with van der Waals surface area (Å²) in [6, 6.07) is 7.20. The predicted octanol–water partition coefficient (Wildman–Crippen LogP) is 6.07. The molecule has 0 saturated heterocycles. The van der Waals surface area contributed by atoms with E-state index in [2.05, 4.69) is 29.8 Å². The molecule has 0 aliphatic carbocycles. The van der Waals surface area contributed by atoms with Crippen LogP contribution < -0.4 is 21.7 Å². The highest BCUT2D eigenvalue weighted by Crippen LogP contribution is 2.19. The first-order valence-corrected chi connectivity index (χ1v) is 14.4. The first-order chi connectivity index (χ1) is 18.5. The van der Waals surface area contributed by atoms with E-state index in [9.17, 15) is 19.2 Å². The number of aryl methyl sites for hydroxylation is 1. The molecule has 1 aromatic carbocycles. The third kappa shape index (κ3) is 21.6. The van der Waals surface area contributed by atoms with Crippen molar-refractivity contribution in [2.75, 3.05) is 18.4 Å². The monoisotopic (exact) mass is 548 g/mol. The fraction of sp³-hybridized carbons (Fsp3) is 0.645. The van der Waals surface area contributed by atoms with Crippen molar-refractivity contribution in [2.24, 2.45) is 17.6 Å². The number of anilines is 1. The number of allylic oxidation sites excluding steroid dienone is 1. The quantitative estimate of drug-likeness (QED) is 0.155. The molecule has 2 atom stereocenters. The van der Waals surface area contributed by atoms with Crippen LogP contribution in [0.5, 0.6) is 0 Å². The maximum atomic E-state index is 11.4. The lowest BCUT2D eigenvalue weighted by Crippen LogP contribution is -2.39. The number of nitrogens with two attached hydrogens (primary N) is 1. The van der Waals surface area contributed by atoms with Gasteiger partial charge in [0.1, 0.15) is 23.2 Å². The first-order valence-electron chi connectivity index (χ1n) is 14.4. The van der Waals surface area contributed by atoms with Crippen molar-refractivity contribution in [3.63, 3.8) is 0 Å². The molecule has 8 nitrogen and oxygen atoms in total. The number of carbonyl (C=O) groups is 3. The number of ketones is 2. The number of hydrogen-bond acceptors (Lipinski definition) is 6. The number of carbonyl (C=O) groups excluding carboxylic acids is 4. The van der Waals surface area contributed by atoms with Crippen LogP contribution in [-0.2, 0) is 20.8 Å². The number of primary amides is 1. The number of amides is 2. The van der Waals surface area contributed by atoms with E-state index >= 15 is 0 Å². The standard InChI is InChI=1S/C19H27N3O3.C8H17NO.2C2H6/c1-3-17(24)11-8-15-6-9-16(10-7-15)22-18(13-23)14(2)5-4-12-21-19(20)25;1-5-9-8(6(2)3)7(4)10;2*1-2/h6-7,9-10,14,22H,3-5,8,11-12H2,1-2H3,(H3,20,21,25);6,8-9H,5H2,1-4H3;2*1-2H3. The molecule has 2 amide bonds. The zero-order valence-electron chi connectivity index (χ0n) is 26.2. The Kier molecular flexibility index (Phi) is 27.7. The normalized spacial score (nSPS) is 11.1. The summed E-state index contributed by atoms with van der Waals surface area (Å²) in [5, 5.41) is 8.75. The fourth-order valence-corrected chi connectivity index (χ4v) is 3.45. The van der Waals surface area contributed by atoms with Gasteiger partial charge in [0, 0.05) is 31.0 Å². The van der Waals surface area contributed by atoms with Crippen molar-refractivity contribution in [3.8, 4) is 0 Å². The average molecular weight is 549 g/mol. The maximum absolute atomic E-state index is 11.4. The summed E-state index contributed by atoms with van der Waals surface area (Å²) in [6.07, 6.45) is 3.31. The van der Waals surface area contributed by atoms with Gasteiger partial charge in [-0.2, -0.15) is 0 Å². The topological polar surface area (TPSA) is 130 Å². The zero-order valence-corrected chi connectivity index (χ0v) is 26.2. The Balaban J connectivity index is -0.000000774. The summed E-state index contributed by atoms with van der Waals surface area (Å²) in [6.45, 7) is 20.9. The highest BCUT2D eigenvalue weighted by molar-refractivity contribution is 5.81. The minimum absolute atomic E-state index is 0.00553. The van der Waals surface area contributed by atoms with E-state index in [0.29, 0.717) is 31.0 Å². The molecule has 0 aromatic heterocycles. The number of benzene rings is 1. The van der Waals surface area contributed by atoms with Crippen LogP contribution >= 0.6 is 0 Å². The lowest BCUT2D eigenvalue weighted by Gasteiger charge is -2.17. The number of Topliss-reactive ketones (excluding diaryl/α,β-unsaturated/α-hetero) is 2. The van der Waals surface area contributed by atoms with Gasteiger partial charge < -0.3 is 21.7 Å². The lowest BCUT2D eigenvalue weighted by molar-refractivity contribution is -0.120. The summed E-state index contributed by atoms with van der Waals surface area (Å²) in [5.74, 6) is 2.85.